The number of rotatable bonds is 4. The average molecular weight is 351 g/mol. The Morgan fingerprint density at radius 1 is 1.00 bits per heavy atom. The molecule has 5 nitrogen and oxygen atoms in total. The highest BCUT2D eigenvalue weighted by Gasteiger charge is 2.22. The molecule has 1 amide bonds. The van der Waals surface area contributed by atoms with Crippen molar-refractivity contribution in [3.63, 3.8) is 0 Å². The lowest BCUT2D eigenvalue weighted by Gasteiger charge is -2.18. The SMILES string of the molecule is Cc1ccc(C(=O)[C@H](C)OC(=O)c2ccc3c(c2)CCC(=O)N3)cc1C. The number of Topliss-reactive ketones (excluding diaryl/α,β-unsaturated/α-hetero) is 1. The molecule has 3 rings (SSSR count). The van der Waals surface area contributed by atoms with E-state index in [0.29, 0.717) is 24.0 Å². The van der Waals surface area contributed by atoms with Crippen molar-refractivity contribution in [1.82, 2.24) is 0 Å². The summed E-state index contributed by atoms with van der Waals surface area (Å²) in [6, 6.07) is 10.4. The molecule has 1 heterocycles. The number of fused-ring (bicyclic) bond motifs is 1. The fourth-order valence-corrected chi connectivity index (χ4v) is 2.92. The third kappa shape index (κ3) is 3.67. The van der Waals surface area contributed by atoms with Crippen molar-refractivity contribution in [1.29, 1.82) is 0 Å². The smallest absolute Gasteiger partial charge is 0.338 e. The maximum Gasteiger partial charge on any atom is 0.338 e. The van der Waals surface area contributed by atoms with Crippen molar-refractivity contribution in [3.05, 3.63) is 64.2 Å². The lowest BCUT2D eigenvalue weighted by molar-refractivity contribution is -0.116. The number of amides is 1. The van der Waals surface area contributed by atoms with Gasteiger partial charge >= 0.3 is 5.97 Å². The molecule has 0 spiro atoms. The molecule has 2 aromatic carbocycles. The standard InChI is InChI=1S/C21H21NO4/c1-12-4-5-16(10-13(12)2)20(24)14(3)26-21(25)17-6-8-18-15(11-17)7-9-19(23)22-18/h4-6,8,10-11,14H,7,9H2,1-3H3,(H,22,23)/t14-/m0/s1. The molecule has 0 fully saturated rings. The number of ether oxygens (including phenoxy) is 1. The number of carbonyl (C=O) groups is 3. The molecular formula is C21H21NO4. The van der Waals surface area contributed by atoms with E-state index in [0.717, 1.165) is 22.4 Å². The van der Waals surface area contributed by atoms with Gasteiger partial charge in [0.2, 0.25) is 11.7 Å². The normalized spacial score (nSPS) is 14.2. The molecule has 1 aliphatic heterocycles. The first-order chi connectivity index (χ1) is 12.3. The Hall–Kier alpha value is -2.95. The Morgan fingerprint density at radius 3 is 2.46 bits per heavy atom. The number of anilines is 1. The maximum absolute atomic E-state index is 12.5. The molecule has 2 aromatic rings. The Kier molecular flexibility index (Phi) is 4.89. The van der Waals surface area contributed by atoms with E-state index >= 15 is 0 Å². The van der Waals surface area contributed by atoms with Crippen LogP contribution >= 0.6 is 0 Å². The van der Waals surface area contributed by atoms with Gasteiger partial charge in [0, 0.05) is 17.7 Å². The number of benzene rings is 2. The topological polar surface area (TPSA) is 72.5 Å². The number of hydrogen-bond acceptors (Lipinski definition) is 4. The van der Waals surface area contributed by atoms with Crippen LogP contribution in [0.2, 0.25) is 0 Å². The molecule has 0 aliphatic carbocycles. The fourth-order valence-electron chi connectivity index (χ4n) is 2.92. The molecule has 0 saturated carbocycles. The maximum atomic E-state index is 12.5. The van der Waals surface area contributed by atoms with E-state index in [1.54, 1.807) is 31.2 Å². The molecule has 1 N–H and O–H groups in total. The monoisotopic (exact) mass is 351 g/mol. The van der Waals surface area contributed by atoms with E-state index in [-0.39, 0.29) is 11.7 Å². The zero-order valence-electron chi connectivity index (χ0n) is 15.1. The number of nitrogens with one attached hydrogen (secondary N) is 1. The van der Waals surface area contributed by atoms with Crippen molar-refractivity contribution in [2.75, 3.05) is 5.32 Å². The van der Waals surface area contributed by atoms with Crippen molar-refractivity contribution in [2.24, 2.45) is 0 Å². The van der Waals surface area contributed by atoms with E-state index in [9.17, 15) is 14.4 Å². The first kappa shape index (κ1) is 17.9. The summed E-state index contributed by atoms with van der Waals surface area (Å²) >= 11 is 0. The van der Waals surface area contributed by atoms with Crippen LogP contribution in [0.25, 0.3) is 0 Å². The van der Waals surface area contributed by atoms with Gasteiger partial charge in [-0.15, -0.1) is 0 Å². The second-order valence-electron chi connectivity index (χ2n) is 6.63. The van der Waals surface area contributed by atoms with Gasteiger partial charge in [0.15, 0.2) is 6.10 Å². The quantitative estimate of drug-likeness (QED) is 0.674. The summed E-state index contributed by atoms with van der Waals surface area (Å²) in [6.45, 7) is 5.49. The number of hydrogen-bond donors (Lipinski definition) is 1. The van der Waals surface area contributed by atoms with E-state index in [1.807, 2.05) is 26.0 Å². The van der Waals surface area contributed by atoms with Crippen LogP contribution in [0.1, 0.15) is 50.8 Å². The largest absolute Gasteiger partial charge is 0.451 e. The van der Waals surface area contributed by atoms with Crippen LogP contribution in [0, 0.1) is 13.8 Å². The summed E-state index contributed by atoms with van der Waals surface area (Å²) in [7, 11) is 0. The molecular weight excluding hydrogens is 330 g/mol. The van der Waals surface area contributed by atoms with Gasteiger partial charge in [-0.25, -0.2) is 4.79 Å². The van der Waals surface area contributed by atoms with Gasteiger partial charge in [-0.2, -0.15) is 0 Å². The lowest BCUT2D eigenvalue weighted by Crippen LogP contribution is -2.25. The Morgan fingerprint density at radius 2 is 1.73 bits per heavy atom. The van der Waals surface area contributed by atoms with Crippen molar-refractivity contribution in [3.8, 4) is 0 Å². The van der Waals surface area contributed by atoms with Crippen LogP contribution in [0.5, 0.6) is 0 Å². The van der Waals surface area contributed by atoms with Gasteiger partial charge in [-0.1, -0.05) is 12.1 Å². The molecule has 1 atom stereocenters. The van der Waals surface area contributed by atoms with Gasteiger partial charge in [-0.05, 0) is 68.1 Å². The zero-order valence-corrected chi connectivity index (χ0v) is 15.1. The summed E-state index contributed by atoms with van der Waals surface area (Å²) in [5, 5.41) is 2.77. The molecule has 134 valence electrons. The van der Waals surface area contributed by atoms with Gasteiger partial charge in [0.05, 0.1) is 5.56 Å². The number of esters is 1. The lowest BCUT2D eigenvalue weighted by atomic mass is 10.00. The summed E-state index contributed by atoms with van der Waals surface area (Å²) in [5.41, 5.74) is 4.64. The molecule has 0 radical (unpaired) electrons. The zero-order chi connectivity index (χ0) is 18.8. The predicted molar refractivity (Wildman–Crippen MR) is 98.5 cm³/mol. The van der Waals surface area contributed by atoms with Crippen LogP contribution in [-0.4, -0.2) is 23.8 Å². The van der Waals surface area contributed by atoms with Crippen LogP contribution in [0.3, 0.4) is 0 Å². The first-order valence-electron chi connectivity index (χ1n) is 8.60. The molecule has 0 aromatic heterocycles. The van der Waals surface area contributed by atoms with Gasteiger partial charge < -0.3 is 10.1 Å². The average Bonchev–Trinajstić information content (AvgIpc) is 2.62. The van der Waals surface area contributed by atoms with Crippen LogP contribution in [0.15, 0.2) is 36.4 Å². The number of carbonyl (C=O) groups excluding carboxylic acids is 3. The highest BCUT2D eigenvalue weighted by molar-refractivity contribution is 6.02. The van der Waals surface area contributed by atoms with Crippen molar-refractivity contribution in [2.45, 2.75) is 39.7 Å². The highest BCUT2D eigenvalue weighted by atomic mass is 16.5. The Bertz CT molecular complexity index is 901. The van der Waals surface area contributed by atoms with Gasteiger partial charge in [-0.3, -0.25) is 9.59 Å². The minimum absolute atomic E-state index is 0.0274. The third-order valence-corrected chi connectivity index (χ3v) is 4.68. The summed E-state index contributed by atoms with van der Waals surface area (Å²) < 4.78 is 5.36. The molecule has 1 aliphatic rings. The van der Waals surface area contributed by atoms with Crippen LogP contribution < -0.4 is 5.32 Å². The Balaban J connectivity index is 1.72. The number of ketones is 1. The minimum atomic E-state index is -0.875. The van der Waals surface area contributed by atoms with E-state index in [4.69, 9.17) is 4.74 Å². The molecule has 0 saturated heterocycles. The Labute approximate surface area is 152 Å². The molecule has 0 bridgehead atoms. The summed E-state index contributed by atoms with van der Waals surface area (Å²) in [6.07, 6.45) is 0.104. The van der Waals surface area contributed by atoms with Crippen LogP contribution in [-0.2, 0) is 16.0 Å². The third-order valence-electron chi connectivity index (χ3n) is 4.68. The predicted octanol–water partition coefficient (Wildman–Crippen LogP) is 3.62. The van der Waals surface area contributed by atoms with Crippen molar-refractivity contribution >= 4 is 23.3 Å². The minimum Gasteiger partial charge on any atom is -0.451 e. The van der Waals surface area contributed by atoms with E-state index < -0.39 is 12.1 Å². The first-order valence-corrected chi connectivity index (χ1v) is 8.60. The van der Waals surface area contributed by atoms with Gasteiger partial charge in [0.1, 0.15) is 0 Å². The second-order valence-corrected chi connectivity index (χ2v) is 6.63. The van der Waals surface area contributed by atoms with E-state index in [2.05, 4.69) is 5.32 Å². The van der Waals surface area contributed by atoms with Crippen LogP contribution in [0.4, 0.5) is 5.69 Å². The fraction of sp³-hybridized carbons (Fsp3) is 0.286. The van der Waals surface area contributed by atoms with E-state index in [1.165, 1.54) is 0 Å². The molecule has 0 unspecified atom stereocenters. The van der Waals surface area contributed by atoms with Crippen molar-refractivity contribution < 1.29 is 19.1 Å². The molecule has 5 heteroatoms. The summed E-state index contributed by atoms with van der Waals surface area (Å²) in [5.74, 6) is -0.804. The number of aryl methyl sites for hydroxylation is 3. The summed E-state index contributed by atoms with van der Waals surface area (Å²) in [4.78, 5) is 36.3. The highest BCUT2D eigenvalue weighted by Crippen LogP contribution is 2.24. The molecule has 26 heavy (non-hydrogen) atoms. The van der Waals surface area contributed by atoms with Gasteiger partial charge in [0.25, 0.3) is 0 Å². The second kappa shape index (κ2) is 7.12.